The Hall–Kier alpha value is -3.26. The number of carboxylic acids is 2. The maximum Gasteiger partial charge on any atom is 0.328 e. The second-order valence-electron chi connectivity index (χ2n) is 7.56. The molecule has 0 radical (unpaired) electrons. The largest absolute Gasteiger partial charge is 0.478 e. The van der Waals surface area contributed by atoms with Crippen LogP contribution in [0.1, 0.15) is 24.1 Å². The number of hydrogen-bond donors (Lipinski definition) is 2. The van der Waals surface area contributed by atoms with Gasteiger partial charge in [0.1, 0.15) is 11.6 Å². The average Bonchev–Trinajstić information content (AvgIpc) is 2.77. The number of carbonyl (C=O) groups is 2. The molecule has 1 saturated heterocycles. The minimum absolute atomic E-state index is 0.153. The second-order valence-corrected chi connectivity index (χ2v) is 7.56. The highest BCUT2D eigenvalue weighted by molar-refractivity contribution is 5.89. The normalized spacial score (nSPS) is 14.1. The quantitative estimate of drug-likeness (QED) is 0.477. The van der Waals surface area contributed by atoms with Gasteiger partial charge in [-0.2, -0.15) is 0 Å². The molecule has 8 heteroatoms. The van der Waals surface area contributed by atoms with Crippen molar-refractivity contribution in [3.05, 3.63) is 71.7 Å². The maximum atomic E-state index is 12.9. The van der Waals surface area contributed by atoms with Gasteiger partial charge in [-0.05, 0) is 62.6 Å². The first-order valence-corrected chi connectivity index (χ1v) is 10.6. The number of rotatable bonds is 8. The second kappa shape index (κ2) is 13.2. The van der Waals surface area contributed by atoms with Crippen LogP contribution < -0.4 is 4.90 Å². The maximum absolute atomic E-state index is 12.9. The monoisotopic (exact) mass is 443 g/mol. The molecule has 0 bridgehead atoms. The summed E-state index contributed by atoms with van der Waals surface area (Å²) in [4.78, 5) is 28.6. The summed E-state index contributed by atoms with van der Waals surface area (Å²) >= 11 is 0. The lowest BCUT2D eigenvalue weighted by atomic mass is 10.1. The fourth-order valence-electron chi connectivity index (χ4n) is 3.36. The van der Waals surface area contributed by atoms with Crippen molar-refractivity contribution in [2.45, 2.75) is 26.2 Å². The molecule has 2 heterocycles. The number of hydrogen-bond acceptors (Lipinski definition) is 5. The van der Waals surface area contributed by atoms with Crippen molar-refractivity contribution >= 4 is 17.8 Å². The van der Waals surface area contributed by atoms with Crippen LogP contribution in [0.5, 0.6) is 0 Å². The van der Waals surface area contributed by atoms with Gasteiger partial charge < -0.3 is 15.1 Å². The van der Waals surface area contributed by atoms with E-state index in [4.69, 9.17) is 10.2 Å². The lowest BCUT2D eigenvalue weighted by Crippen LogP contribution is -2.46. The highest BCUT2D eigenvalue weighted by atomic mass is 19.1. The summed E-state index contributed by atoms with van der Waals surface area (Å²) in [5.41, 5.74) is 2.31. The van der Waals surface area contributed by atoms with E-state index in [1.807, 2.05) is 25.1 Å². The molecule has 1 fully saturated rings. The summed E-state index contributed by atoms with van der Waals surface area (Å²) in [6.45, 7) is 7.50. The molecule has 32 heavy (non-hydrogen) atoms. The lowest BCUT2D eigenvalue weighted by molar-refractivity contribution is -0.134. The van der Waals surface area contributed by atoms with Crippen LogP contribution in [-0.2, 0) is 16.0 Å². The molecule has 0 spiro atoms. The first-order valence-electron chi connectivity index (χ1n) is 10.6. The fraction of sp³-hybridized carbons (Fsp3) is 0.375. The van der Waals surface area contributed by atoms with Crippen molar-refractivity contribution in [1.29, 1.82) is 0 Å². The van der Waals surface area contributed by atoms with Crippen molar-refractivity contribution < 1.29 is 24.2 Å². The van der Waals surface area contributed by atoms with E-state index >= 15 is 0 Å². The van der Waals surface area contributed by atoms with E-state index in [0.717, 1.165) is 57.1 Å². The third-order valence-corrected chi connectivity index (χ3v) is 5.04. The molecule has 0 amide bonds. The molecule has 3 rings (SSSR count). The zero-order chi connectivity index (χ0) is 23.3. The Balaban J connectivity index is 0.000000390. The smallest absolute Gasteiger partial charge is 0.328 e. The SMILES string of the molecule is Cc1cccc(N2CCN(CCCCc3ccc(F)cc3)CC2)n1.O=C(O)C=CC(=O)O. The predicted molar refractivity (Wildman–Crippen MR) is 121 cm³/mol. The number of aromatic nitrogens is 1. The van der Waals surface area contributed by atoms with Gasteiger partial charge >= 0.3 is 11.9 Å². The number of unbranched alkanes of at least 4 members (excludes halogenated alkanes) is 1. The van der Waals surface area contributed by atoms with Crippen LogP contribution in [0.3, 0.4) is 0 Å². The van der Waals surface area contributed by atoms with Crippen LogP contribution in [0.25, 0.3) is 0 Å². The fourth-order valence-corrected chi connectivity index (χ4v) is 3.36. The summed E-state index contributed by atoms with van der Waals surface area (Å²) < 4.78 is 12.9. The molecular formula is C24H30FN3O4. The highest BCUT2D eigenvalue weighted by Gasteiger charge is 2.17. The molecule has 1 aliphatic rings. The molecule has 1 aromatic carbocycles. The molecule has 0 atom stereocenters. The van der Waals surface area contributed by atoms with E-state index in [1.165, 1.54) is 12.0 Å². The molecule has 0 saturated carbocycles. The molecule has 0 unspecified atom stereocenters. The van der Waals surface area contributed by atoms with Crippen molar-refractivity contribution in [2.24, 2.45) is 0 Å². The number of nitrogens with zero attached hydrogens (tertiary/aromatic N) is 3. The number of anilines is 1. The predicted octanol–water partition coefficient (Wildman–Crippen LogP) is 3.39. The van der Waals surface area contributed by atoms with Crippen LogP contribution in [0.15, 0.2) is 54.6 Å². The molecule has 2 N–H and O–H groups in total. The summed E-state index contributed by atoms with van der Waals surface area (Å²) in [5.74, 6) is -1.56. The van der Waals surface area contributed by atoms with Crippen molar-refractivity contribution in [2.75, 3.05) is 37.6 Å². The third kappa shape index (κ3) is 9.70. The number of aliphatic carboxylic acids is 2. The molecule has 1 aliphatic heterocycles. The summed E-state index contributed by atoms with van der Waals surface area (Å²) in [6.07, 6.45) is 4.50. The van der Waals surface area contributed by atoms with E-state index < -0.39 is 11.9 Å². The highest BCUT2D eigenvalue weighted by Crippen LogP contribution is 2.14. The topological polar surface area (TPSA) is 94.0 Å². The molecular weight excluding hydrogens is 413 g/mol. The Morgan fingerprint density at radius 3 is 2.16 bits per heavy atom. The average molecular weight is 444 g/mol. The van der Waals surface area contributed by atoms with E-state index in [1.54, 1.807) is 12.1 Å². The van der Waals surface area contributed by atoms with E-state index in [2.05, 4.69) is 26.9 Å². The van der Waals surface area contributed by atoms with Crippen LogP contribution in [-0.4, -0.2) is 64.8 Å². The van der Waals surface area contributed by atoms with Crippen molar-refractivity contribution in [3.63, 3.8) is 0 Å². The van der Waals surface area contributed by atoms with Gasteiger partial charge in [-0.25, -0.2) is 19.0 Å². The van der Waals surface area contributed by atoms with Gasteiger partial charge in [0.15, 0.2) is 0 Å². The molecule has 7 nitrogen and oxygen atoms in total. The Bertz CT molecular complexity index is 878. The van der Waals surface area contributed by atoms with Gasteiger partial charge in [-0.3, -0.25) is 4.90 Å². The summed E-state index contributed by atoms with van der Waals surface area (Å²) in [7, 11) is 0. The molecule has 1 aromatic heterocycles. The number of piperazine rings is 1. The standard InChI is InChI=1S/C20H26FN3.C4H4O4/c1-17-5-4-7-20(22-17)24-15-13-23(14-16-24)12-3-2-6-18-8-10-19(21)11-9-18;5-3(6)1-2-4(7)8/h4-5,7-11H,2-3,6,12-16H2,1H3;1-2H,(H,5,6)(H,7,8). The number of halogens is 1. The first-order chi connectivity index (χ1) is 15.3. The summed E-state index contributed by atoms with van der Waals surface area (Å²) in [5, 5.41) is 15.6. The lowest BCUT2D eigenvalue weighted by Gasteiger charge is -2.35. The third-order valence-electron chi connectivity index (χ3n) is 5.04. The van der Waals surface area contributed by atoms with Crippen molar-refractivity contribution in [1.82, 2.24) is 9.88 Å². The van der Waals surface area contributed by atoms with Gasteiger partial charge in [-0.1, -0.05) is 18.2 Å². The van der Waals surface area contributed by atoms with Gasteiger partial charge in [0.25, 0.3) is 0 Å². The van der Waals surface area contributed by atoms with Crippen LogP contribution in [0.2, 0.25) is 0 Å². The number of pyridine rings is 1. The molecule has 2 aromatic rings. The van der Waals surface area contributed by atoms with E-state index in [0.29, 0.717) is 12.2 Å². The molecule has 0 aliphatic carbocycles. The van der Waals surface area contributed by atoms with Crippen LogP contribution in [0, 0.1) is 12.7 Å². The Morgan fingerprint density at radius 2 is 1.59 bits per heavy atom. The van der Waals surface area contributed by atoms with Gasteiger partial charge in [-0.15, -0.1) is 0 Å². The Labute approximate surface area is 187 Å². The van der Waals surface area contributed by atoms with Gasteiger partial charge in [0.2, 0.25) is 0 Å². The first kappa shape index (κ1) is 25.0. The van der Waals surface area contributed by atoms with Gasteiger partial charge in [0.05, 0.1) is 0 Å². The Kier molecular flexibility index (Phi) is 10.3. The number of carboxylic acid groups (broad SMARTS) is 2. The minimum atomic E-state index is -1.26. The van der Waals surface area contributed by atoms with Gasteiger partial charge in [0, 0.05) is 44.0 Å². The molecule has 172 valence electrons. The number of benzene rings is 1. The van der Waals surface area contributed by atoms with E-state index in [-0.39, 0.29) is 5.82 Å². The van der Waals surface area contributed by atoms with Crippen molar-refractivity contribution in [3.8, 4) is 0 Å². The van der Waals surface area contributed by atoms with Crippen LogP contribution >= 0.6 is 0 Å². The number of aryl methyl sites for hydroxylation is 2. The van der Waals surface area contributed by atoms with Crippen LogP contribution in [0.4, 0.5) is 10.2 Å². The Morgan fingerprint density at radius 1 is 0.969 bits per heavy atom. The summed E-state index contributed by atoms with van der Waals surface area (Å²) in [6, 6.07) is 13.1. The van der Waals surface area contributed by atoms with E-state index in [9.17, 15) is 14.0 Å². The minimum Gasteiger partial charge on any atom is -0.478 e. The zero-order valence-corrected chi connectivity index (χ0v) is 18.3. The zero-order valence-electron chi connectivity index (χ0n) is 18.3.